The molecular formula is C11H9BrFNO. The third-order valence-electron chi connectivity index (χ3n) is 2.66. The topological polar surface area (TPSA) is 22.0 Å². The predicted octanol–water partition coefficient (Wildman–Crippen LogP) is 3.20. The molecule has 15 heavy (non-hydrogen) atoms. The number of rotatable bonds is 1. The number of fused-ring (bicyclic) bond motifs is 1. The van der Waals surface area contributed by atoms with E-state index in [0.29, 0.717) is 10.2 Å². The summed E-state index contributed by atoms with van der Waals surface area (Å²) in [7, 11) is 1.76. The molecule has 2 rings (SSSR count). The summed E-state index contributed by atoms with van der Waals surface area (Å²) in [5.74, 6) is -0.319. The number of aromatic nitrogens is 1. The third-order valence-corrected chi connectivity index (χ3v) is 3.27. The van der Waals surface area contributed by atoms with Crippen LogP contribution in [0.3, 0.4) is 0 Å². The molecule has 0 spiro atoms. The van der Waals surface area contributed by atoms with Gasteiger partial charge in [-0.15, -0.1) is 0 Å². The smallest absolute Gasteiger partial charge is 0.166 e. The van der Waals surface area contributed by atoms with E-state index in [2.05, 4.69) is 15.9 Å². The summed E-state index contributed by atoms with van der Waals surface area (Å²) in [5.41, 5.74) is 2.20. The number of benzene rings is 1. The molecule has 0 saturated carbocycles. The van der Waals surface area contributed by atoms with Crippen molar-refractivity contribution >= 4 is 33.1 Å². The maximum absolute atomic E-state index is 13.3. The summed E-state index contributed by atoms with van der Waals surface area (Å²) in [4.78, 5) is 10.9. The standard InChI is InChI=1S/C11H9BrFNO/c1-6-7-3-8(12)9(13)4-10(7)14(2)11(6)5-15/h3-5H,1-2H3. The lowest BCUT2D eigenvalue weighted by Crippen LogP contribution is -1.95. The largest absolute Gasteiger partial charge is 0.341 e. The molecule has 0 aliphatic carbocycles. The van der Waals surface area contributed by atoms with Gasteiger partial charge in [0.2, 0.25) is 0 Å². The van der Waals surface area contributed by atoms with Gasteiger partial charge >= 0.3 is 0 Å². The Morgan fingerprint density at radius 2 is 2.13 bits per heavy atom. The van der Waals surface area contributed by atoms with Gasteiger partial charge in [0.15, 0.2) is 6.29 Å². The molecule has 1 heterocycles. The molecule has 0 saturated heterocycles. The fraction of sp³-hybridized carbons (Fsp3) is 0.182. The van der Waals surface area contributed by atoms with E-state index in [1.807, 2.05) is 6.92 Å². The Morgan fingerprint density at radius 1 is 1.47 bits per heavy atom. The van der Waals surface area contributed by atoms with Crippen LogP contribution in [0.25, 0.3) is 10.9 Å². The molecule has 0 atom stereocenters. The van der Waals surface area contributed by atoms with Gasteiger partial charge in [0, 0.05) is 12.4 Å². The monoisotopic (exact) mass is 269 g/mol. The number of hydrogen-bond acceptors (Lipinski definition) is 1. The van der Waals surface area contributed by atoms with Crippen LogP contribution in [0.4, 0.5) is 4.39 Å². The van der Waals surface area contributed by atoms with Crippen molar-refractivity contribution in [3.63, 3.8) is 0 Å². The molecule has 0 fully saturated rings. The van der Waals surface area contributed by atoms with Crippen molar-refractivity contribution in [3.05, 3.63) is 33.7 Å². The molecule has 0 N–H and O–H groups in total. The summed E-state index contributed by atoms with van der Waals surface area (Å²) < 4.78 is 15.4. The highest BCUT2D eigenvalue weighted by molar-refractivity contribution is 9.10. The summed E-state index contributed by atoms with van der Waals surface area (Å²) in [5, 5.41) is 0.896. The number of halogens is 2. The van der Waals surface area contributed by atoms with Crippen LogP contribution in [-0.2, 0) is 7.05 Å². The van der Waals surface area contributed by atoms with Gasteiger partial charge < -0.3 is 4.57 Å². The highest BCUT2D eigenvalue weighted by Crippen LogP contribution is 2.28. The molecule has 0 unspecified atom stereocenters. The highest BCUT2D eigenvalue weighted by Gasteiger charge is 2.13. The second kappa shape index (κ2) is 3.45. The van der Waals surface area contributed by atoms with Gasteiger partial charge in [-0.1, -0.05) is 0 Å². The van der Waals surface area contributed by atoms with Crippen molar-refractivity contribution in [2.45, 2.75) is 6.92 Å². The number of carbonyl (C=O) groups excluding carboxylic acids is 1. The van der Waals surface area contributed by atoms with E-state index in [4.69, 9.17) is 0 Å². The van der Waals surface area contributed by atoms with E-state index >= 15 is 0 Å². The fourth-order valence-corrected chi connectivity index (χ4v) is 2.14. The van der Waals surface area contributed by atoms with Crippen molar-refractivity contribution < 1.29 is 9.18 Å². The molecule has 0 aliphatic heterocycles. The van der Waals surface area contributed by atoms with Crippen molar-refractivity contribution in [3.8, 4) is 0 Å². The lowest BCUT2D eigenvalue weighted by molar-refractivity contribution is 0.111. The second-order valence-corrected chi connectivity index (χ2v) is 4.32. The molecule has 2 aromatic rings. The second-order valence-electron chi connectivity index (χ2n) is 3.47. The molecule has 1 aromatic heterocycles. The van der Waals surface area contributed by atoms with Gasteiger partial charge in [0.25, 0.3) is 0 Å². The van der Waals surface area contributed by atoms with Crippen LogP contribution in [0.15, 0.2) is 16.6 Å². The van der Waals surface area contributed by atoms with Gasteiger partial charge in [-0.3, -0.25) is 4.79 Å². The summed E-state index contributed by atoms with van der Waals surface area (Å²) >= 11 is 3.13. The molecule has 0 bridgehead atoms. The first kappa shape index (κ1) is 10.4. The Labute approximate surface area is 94.8 Å². The van der Waals surface area contributed by atoms with E-state index in [0.717, 1.165) is 22.8 Å². The maximum atomic E-state index is 13.3. The molecule has 1 aromatic carbocycles. The minimum Gasteiger partial charge on any atom is -0.341 e. The number of hydrogen-bond donors (Lipinski definition) is 0. The normalized spacial score (nSPS) is 10.9. The van der Waals surface area contributed by atoms with Crippen LogP contribution in [-0.4, -0.2) is 10.9 Å². The Kier molecular flexibility index (Phi) is 2.38. The molecule has 2 nitrogen and oxygen atoms in total. The van der Waals surface area contributed by atoms with Crippen LogP contribution < -0.4 is 0 Å². The van der Waals surface area contributed by atoms with Gasteiger partial charge in [-0.05, 0) is 40.5 Å². The zero-order chi connectivity index (χ0) is 11.2. The van der Waals surface area contributed by atoms with Crippen LogP contribution >= 0.6 is 15.9 Å². The Balaban J connectivity index is 2.96. The van der Waals surface area contributed by atoms with Crippen molar-refractivity contribution in [1.29, 1.82) is 0 Å². The van der Waals surface area contributed by atoms with E-state index < -0.39 is 0 Å². The minimum atomic E-state index is -0.319. The highest BCUT2D eigenvalue weighted by atomic mass is 79.9. The van der Waals surface area contributed by atoms with E-state index in [1.54, 1.807) is 17.7 Å². The molecule has 78 valence electrons. The van der Waals surface area contributed by atoms with Crippen LogP contribution in [0.1, 0.15) is 16.1 Å². The van der Waals surface area contributed by atoms with E-state index in [9.17, 15) is 9.18 Å². The summed E-state index contributed by atoms with van der Waals surface area (Å²) in [6.07, 6.45) is 0.793. The molecule has 4 heteroatoms. The van der Waals surface area contributed by atoms with Crippen molar-refractivity contribution in [2.24, 2.45) is 7.05 Å². The zero-order valence-corrected chi connectivity index (χ0v) is 9.93. The van der Waals surface area contributed by atoms with Crippen LogP contribution in [0.5, 0.6) is 0 Å². The Morgan fingerprint density at radius 3 is 2.73 bits per heavy atom. The van der Waals surface area contributed by atoms with E-state index in [1.165, 1.54) is 6.07 Å². The number of aryl methyl sites for hydroxylation is 2. The first-order valence-electron chi connectivity index (χ1n) is 4.45. The van der Waals surface area contributed by atoms with Gasteiger partial charge in [-0.25, -0.2) is 4.39 Å². The average molecular weight is 270 g/mol. The maximum Gasteiger partial charge on any atom is 0.166 e. The Hall–Kier alpha value is -1.16. The predicted molar refractivity (Wildman–Crippen MR) is 60.7 cm³/mol. The average Bonchev–Trinajstić information content (AvgIpc) is 2.42. The van der Waals surface area contributed by atoms with Crippen molar-refractivity contribution in [2.75, 3.05) is 0 Å². The van der Waals surface area contributed by atoms with Crippen LogP contribution in [0, 0.1) is 12.7 Å². The first-order chi connectivity index (χ1) is 7.06. The third kappa shape index (κ3) is 1.40. The van der Waals surface area contributed by atoms with Crippen molar-refractivity contribution in [1.82, 2.24) is 4.57 Å². The molecule has 0 amide bonds. The number of aldehydes is 1. The quantitative estimate of drug-likeness (QED) is 0.729. The van der Waals surface area contributed by atoms with Crippen LogP contribution in [0.2, 0.25) is 0 Å². The van der Waals surface area contributed by atoms with Gasteiger partial charge in [-0.2, -0.15) is 0 Å². The molecule has 0 aliphatic rings. The number of nitrogens with zero attached hydrogens (tertiary/aromatic N) is 1. The zero-order valence-electron chi connectivity index (χ0n) is 8.34. The van der Waals surface area contributed by atoms with Gasteiger partial charge in [0.05, 0.1) is 15.7 Å². The lowest BCUT2D eigenvalue weighted by atomic mass is 10.1. The summed E-state index contributed by atoms with van der Waals surface area (Å²) in [6.45, 7) is 1.86. The van der Waals surface area contributed by atoms with Gasteiger partial charge in [0.1, 0.15) is 5.82 Å². The summed E-state index contributed by atoms with van der Waals surface area (Å²) in [6, 6.07) is 3.13. The number of carbonyl (C=O) groups is 1. The SMILES string of the molecule is Cc1c(C=O)n(C)c2cc(F)c(Br)cc12. The fourth-order valence-electron chi connectivity index (χ4n) is 1.80. The van der Waals surface area contributed by atoms with E-state index in [-0.39, 0.29) is 5.82 Å². The Bertz CT molecular complexity index is 514. The lowest BCUT2D eigenvalue weighted by Gasteiger charge is -1.99. The minimum absolute atomic E-state index is 0.319. The molecule has 0 radical (unpaired) electrons. The molecular weight excluding hydrogens is 261 g/mol. The first-order valence-corrected chi connectivity index (χ1v) is 5.24.